The van der Waals surface area contributed by atoms with E-state index in [1.54, 1.807) is 0 Å². The lowest BCUT2D eigenvalue weighted by Crippen LogP contribution is -2.56. The molecule has 0 aromatic rings. The van der Waals surface area contributed by atoms with E-state index in [1.807, 2.05) is 0 Å². The molecular weight excluding hydrogens is 348 g/mol. The molecule has 0 amide bonds. The topological polar surface area (TPSA) is 0 Å². The number of rotatable bonds is 17. The van der Waals surface area contributed by atoms with Gasteiger partial charge in [-0.1, -0.05) is 134 Å². The first-order chi connectivity index (χ1) is 13.4. The lowest BCUT2D eigenvalue weighted by molar-refractivity contribution is -0.146. The summed E-state index contributed by atoms with van der Waals surface area (Å²) in [6.07, 6.45) is 17.7. The SMILES string of the molecule is CCCCC(C)(C)C(C)(CCCC)C(C)(CCCC(C)C)C(C)(CC)CCCC. The van der Waals surface area contributed by atoms with Gasteiger partial charge in [-0.15, -0.1) is 0 Å². The molecule has 0 fully saturated rings. The molecule has 0 aromatic heterocycles. The Labute approximate surface area is 187 Å². The molecule has 0 aromatic carbocycles. The maximum atomic E-state index is 2.73. The highest BCUT2D eigenvalue weighted by atomic mass is 14.6. The molecule has 3 unspecified atom stereocenters. The Hall–Kier alpha value is 0. The highest BCUT2D eigenvalue weighted by molar-refractivity contribution is 5.07. The molecule has 0 spiro atoms. The van der Waals surface area contributed by atoms with Crippen LogP contribution in [-0.2, 0) is 0 Å². The van der Waals surface area contributed by atoms with Crippen LogP contribution in [-0.4, -0.2) is 0 Å². The summed E-state index contributed by atoms with van der Waals surface area (Å²) >= 11 is 0. The van der Waals surface area contributed by atoms with Crippen LogP contribution in [0, 0.1) is 27.6 Å². The van der Waals surface area contributed by atoms with Gasteiger partial charge in [0.15, 0.2) is 0 Å². The Morgan fingerprint density at radius 2 is 1.00 bits per heavy atom. The first-order valence-electron chi connectivity index (χ1n) is 13.4. The summed E-state index contributed by atoms with van der Waals surface area (Å²) in [5.41, 5.74) is 1.56. The summed E-state index contributed by atoms with van der Waals surface area (Å²) in [6, 6.07) is 0. The molecule has 0 nitrogen and oxygen atoms in total. The quantitative estimate of drug-likeness (QED) is 0.224. The third-order valence-corrected chi connectivity index (χ3v) is 9.55. The van der Waals surface area contributed by atoms with Crippen molar-refractivity contribution in [1.82, 2.24) is 0 Å². The van der Waals surface area contributed by atoms with Gasteiger partial charge in [-0.25, -0.2) is 0 Å². The standard InChI is InChI=1S/C29H60/c1-12-16-21-26(7,8)28(10,23-18-14-3)29(11,24-19-20-25(5)6)27(9,15-4)22-17-13-2/h25H,12-24H2,1-11H3. The third-order valence-electron chi connectivity index (χ3n) is 9.55. The number of hydrogen-bond donors (Lipinski definition) is 0. The predicted octanol–water partition coefficient (Wildman–Crippen LogP) is 10.8. The van der Waals surface area contributed by atoms with Crippen molar-refractivity contribution in [3.63, 3.8) is 0 Å². The summed E-state index contributed by atoms with van der Waals surface area (Å²) in [6.45, 7) is 27.7. The lowest BCUT2D eigenvalue weighted by atomic mass is 9.41. The molecule has 29 heavy (non-hydrogen) atoms. The first-order valence-corrected chi connectivity index (χ1v) is 13.4. The van der Waals surface area contributed by atoms with E-state index in [2.05, 4.69) is 76.2 Å². The van der Waals surface area contributed by atoms with Crippen LogP contribution in [0.3, 0.4) is 0 Å². The summed E-state index contributed by atoms with van der Waals surface area (Å²) < 4.78 is 0. The Balaban J connectivity index is 6.37. The van der Waals surface area contributed by atoms with Gasteiger partial charge in [0.1, 0.15) is 0 Å². The van der Waals surface area contributed by atoms with Crippen molar-refractivity contribution < 1.29 is 0 Å². The molecule has 0 aliphatic rings. The number of unbranched alkanes of at least 4 members (excludes halogenated alkanes) is 3. The van der Waals surface area contributed by atoms with Crippen molar-refractivity contribution in [2.75, 3.05) is 0 Å². The molecule has 0 aliphatic heterocycles. The highest BCUT2D eigenvalue weighted by Crippen LogP contribution is 2.67. The van der Waals surface area contributed by atoms with Crippen LogP contribution in [0.2, 0.25) is 0 Å². The van der Waals surface area contributed by atoms with Crippen molar-refractivity contribution in [3.05, 3.63) is 0 Å². The van der Waals surface area contributed by atoms with Crippen molar-refractivity contribution in [1.29, 1.82) is 0 Å². The number of hydrogen-bond acceptors (Lipinski definition) is 0. The average molecular weight is 409 g/mol. The average Bonchev–Trinajstić information content (AvgIpc) is 2.67. The van der Waals surface area contributed by atoms with Gasteiger partial charge >= 0.3 is 0 Å². The van der Waals surface area contributed by atoms with Gasteiger partial charge in [-0.05, 0) is 53.3 Å². The van der Waals surface area contributed by atoms with E-state index in [-0.39, 0.29) is 0 Å². The van der Waals surface area contributed by atoms with E-state index in [9.17, 15) is 0 Å². The normalized spacial score (nSPS) is 19.0. The fourth-order valence-corrected chi connectivity index (χ4v) is 6.30. The highest BCUT2D eigenvalue weighted by Gasteiger charge is 2.58. The fourth-order valence-electron chi connectivity index (χ4n) is 6.30. The minimum absolute atomic E-state index is 0.376. The van der Waals surface area contributed by atoms with Crippen molar-refractivity contribution in [3.8, 4) is 0 Å². The molecule has 176 valence electrons. The second-order valence-electron chi connectivity index (χ2n) is 12.1. The van der Waals surface area contributed by atoms with Gasteiger partial charge < -0.3 is 0 Å². The van der Waals surface area contributed by atoms with E-state index >= 15 is 0 Å². The largest absolute Gasteiger partial charge is 0.0654 e. The zero-order chi connectivity index (χ0) is 22.8. The molecule has 0 radical (unpaired) electrons. The first kappa shape index (κ1) is 29.0. The van der Waals surface area contributed by atoms with Gasteiger partial charge in [0.25, 0.3) is 0 Å². The molecular formula is C29H60. The summed E-state index contributed by atoms with van der Waals surface area (Å²) in [7, 11) is 0. The van der Waals surface area contributed by atoms with Crippen LogP contribution in [0.1, 0.15) is 160 Å². The Morgan fingerprint density at radius 3 is 1.45 bits per heavy atom. The molecule has 0 saturated heterocycles. The molecule has 0 saturated carbocycles. The van der Waals surface area contributed by atoms with Crippen LogP contribution in [0.15, 0.2) is 0 Å². The molecule has 0 heteroatoms. The van der Waals surface area contributed by atoms with Crippen molar-refractivity contribution in [2.45, 2.75) is 160 Å². The molecule has 0 bridgehead atoms. The lowest BCUT2D eigenvalue weighted by Gasteiger charge is -2.63. The van der Waals surface area contributed by atoms with Crippen LogP contribution in [0.4, 0.5) is 0 Å². The van der Waals surface area contributed by atoms with Gasteiger partial charge in [0.2, 0.25) is 0 Å². The van der Waals surface area contributed by atoms with Crippen LogP contribution in [0.5, 0.6) is 0 Å². The fraction of sp³-hybridized carbons (Fsp3) is 1.00. The third kappa shape index (κ3) is 7.00. The monoisotopic (exact) mass is 408 g/mol. The molecule has 0 aliphatic carbocycles. The maximum absolute atomic E-state index is 2.73. The van der Waals surface area contributed by atoms with E-state index in [4.69, 9.17) is 0 Å². The zero-order valence-electron chi connectivity index (χ0n) is 22.8. The van der Waals surface area contributed by atoms with E-state index in [0.29, 0.717) is 21.7 Å². The van der Waals surface area contributed by atoms with E-state index < -0.39 is 0 Å². The van der Waals surface area contributed by atoms with Gasteiger partial charge in [-0.3, -0.25) is 0 Å². The van der Waals surface area contributed by atoms with Crippen molar-refractivity contribution in [2.24, 2.45) is 27.6 Å². The maximum Gasteiger partial charge on any atom is -0.0213 e. The van der Waals surface area contributed by atoms with Gasteiger partial charge in [-0.2, -0.15) is 0 Å². The van der Waals surface area contributed by atoms with E-state index in [1.165, 1.54) is 83.5 Å². The Bertz CT molecular complexity index is 420. The smallest absolute Gasteiger partial charge is 0.0213 e. The van der Waals surface area contributed by atoms with Crippen LogP contribution in [0.25, 0.3) is 0 Å². The van der Waals surface area contributed by atoms with E-state index in [0.717, 1.165) is 5.92 Å². The minimum Gasteiger partial charge on any atom is -0.0654 e. The minimum atomic E-state index is 0.376. The molecule has 0 rings (SSSR count). The predicted molar refractivity (Wildman–Crippen MR) is 136 cm³/mol. The van der Waals surface area contributed by atoms with Crippen molar-refractivity contribution >= 4 is 0 Å². The summed E-state index contributed by atoms with van der Waals surface area (Å²) in [4.78, 5) is 0. The molecule has 3 atom stereocenters. The van der Waals surface area contributed by atoms with Gasteiger partial charge in [0.05, 0.1) is 0 Å². The van der Waals surface area contributed by atoms with Crippen LogP contribution < -0.4 is 0 Å². The summed E-state index contributed by atoms with van der Waals surface area (Å²) in [5.74, 6) is 0.817. The molecule has 0 N–H and O–H groups in total. The second kappa shape index (κ2) is 12.8. The van der Waals surface area contributed by atoms with Gasteiger partial charge in [0, 0.05) is 0 Å². The Morgan fingerprint density at radius 1 is 0.552 bits per heavy atom. The zero-order valence-corrected chi connectivity index (χ0v) is 22.8. The van der Waals surface area contributed by atoms with Crippen LogP contribution >= 0.6 is 0 Å². The Kier molecular flexibility index (Phi) is 12.8. The second-order valence-corrected chi connectivity index (χ2v) is 12.1. The molecule has 0 heterocycles. The summed E-state index contributed by atoms with van der Waals surface area (Å²) in [5, 5.41) is 0.